The van der Waals surface area contributed by atoms with E-state index < -0.39 is 5.97 Å². The molecule has 0 radical (unpaired) electrons. The van der Waals surface area contributed by atoms with Crippen molar-refractivity contribution in [3.8, 4) is 0 Å². The minimum absolute atomic E-state index is 0.184. The molecule has 0 aliphatic heterocycles. The summed E-state index contributed by atoms with van der Waals surface area (Å²) in [4.78, 5) is 12.9. The predicted octanol–water partition coefficient (Wildman–Crippen LogP) is 2.93. The number of nitrogens with zero attached hydrogens (tertiary/aromatic N) is 1. The van der Waals surface area contributed by atoms with Crippen molar-refractivity contribution >= 4 is 11.7 Å². The summed E-state index contributed by atoms with van der Waals surface area (Å²) < 4.78 is 0. The number of carboxylic acid groups (broad SMARTS) is 1. The molecule has 0 fully saturated rings. The van der Waals surface area contributed by atoms with E-state index in [-0.39, 0.29) is 11.8 Å². The molecule has 94 valence electrons. The van der Waals surface area contributed by atoms with Crippen LogP contribution in [0.4, 0.5) is 5.69 Å². The van der Waals surface area contributed by atoms with E-state index in [1.54, 1.807) is 0 Å². The lowest BCUT2D eigenvalue weighted by Gasteiger charge is -2.30. The van der Waals surface area contributed by atoms with Crippen LogP contribution in [-0.2, 0) is 4.79 Å². The standard InChI is InChI=1S/C14H21NO2/c1-11-6-5-7-12(8-11)15(4)10-14(2,3)9-13(16)17/h5-8H,9-10H2,1-4H3,(H,16,17). The van der Waals surface area contributed by atoms with Crippen molar-refractivity contribution in [1.29, 1.82) is 0 Å². The molecule has 0 heterocycles. The molecule has 0 unspecified atom stereocenters. The van der Waals surface area contributed by atoms with E-state index in [1.165, 1.54) is 5.56 Å². The van der Waals surface area contributed by atoms with Crippen molar-refractivity contribution in [3.63, 3.8) is 0 Å². The smallest absolute Gasteiger partial charge is 0.303 e. The van der Waals surface area contributed by atoms with E-state index >= 15 is 0 Å². The normalized spacial score (nSPS) is 11.3. The van der Waals surface area contributed by atoms with E-state index in [1.807, 2.05) is 33.0 Å². The number of carboxylic acids is 1. The Hall–Kier alpha value is -1.51. The number of hydrogen-bond acceptors (Lipinski definition) is 2. The second-order valence-corrected chi connectivity index (χ2v) is 5.43. The van der Waals surface area contributed by atoms with Gasteiger partial charge in [-0.25, -0.2) is 0 Å². The molecule has 1 rings (SSSR count). The summed E-state index contributed by atoms with van der Waals surface area (Å²) in [5.74, 6) is -0.743. The molecule has 3 nitrogen and oxygen atoms in total. The molecule has 0 amide bonds. The Labute approximate surface area is 103 Å². The van der Waals surface area contributed by atoms with Gasteiger partial charge < -0.3 is 10.0 Å². The first-order valence-corrected chi connectivity index (χ1v) is 5.80. The van der Waals surface area contributed by atoms with Crippen LogP contribution in [0.5, 0.6) is 0 Å². The summed E-state index contributed by atoms with van der Waals surface area (Å²) in [5, 5.41) is 8.86. The Kier molecular flexibility index (Phi) is 4.16. The number of aliphatic carboxylic acids is 1. The average molecular weight is 235 g/mol. The fraction of sp³-hybridized carbons (Fsp3) is 0.500. The predicted molar refractivity (Wildman–Crippen MR) is 70.5 cm³/mol. The van der Waals surface area contributed by atoms with E-state index in [9.17, 15) is 4.79 Å². The summed E-state index contributed by atoms with van der Waals surface area (Å²) in [6.07, 6.45) is 0.184. The molecule has 3 heteroatoms. The van der Waals surface area contributed by atoms with Crippen molar-refractivity contribution in [2.24, 2.45) is 5.41 Å². The molecule has 0 atom stereocenters. The highest BCUT2D eigenvalue weighted by atomic mass is 16.4. The van der Waals surface area contributed by atoms with Gasteiger partial charge in [0.15, 0.2) is 0 Å². The van der Waals surface area contributed by atoms with E-state index in [0.29, 0.717) is 0 Å². The zero-order chi connectivity index (χ0) is 13.1. The van der Waals surface area contributed by atoms with Crippen LogP contribution in [0.15, 0.2) is 24.3 Å². The highest BCUT2D eigenvalue weighted by Crippen LogP contribution is 2.24. The highest BCUT2D eigenvalue weighted by molar-refractivity contribution is 5.67. The summed E-state index contributed by atoms with van der Waals surface area (Å²) in [6.45, 7) is 6.74. The second kappa shape index (κ2) is 5.21. The first kappa shape index (κ1) is 13.6. The molecule has 0 aliphatic carbocycles. The maximum absolute atomic E-state index is 10.8. The third-order valence-electron chi connectivity index (χ3n) is 2.74. The number of rotatable bonds is 5. The molecule has 0 bridgehead atoms. The summed E-state index contributed by atoms with van der Waals surface area (Å²) in [7, 11) is 2.00. The lowest BCUT2D eigenvalue weighted by molar-refractivity contribution is -0.139. The van der Waals surface area contributed by atoms with E-state index in [2.05, 4.69) is 24.0 Å². The Balaban J connectivity index is 2.71. The van der Waals surface area contributed by atoms with Crippen LogP contribution in [-0.4, -0.2) is 24.7 Å². The molecular weight excluding hydrogens is 214 g/mol. The van der Waals surface area contributed by atoms with Crippen LogP contribution in [0.2, 0.25) is 0 Å². The molecule has 0 saturated carbocycles. The maximum Gasteiger partial charge on any atom is 0.303 e. The fourth-order valence-electron chi connectivity index (χ4n) is 2.06. The largest absolute Gasteiger partial charge is 0.481 e. The van der Waals surface area contributed by atoms with Crippen LogP contribution in [0.25, 0.3) is 0 Å². The summed E-state index contributed by atoms with van der Waals surface area (Å²) in [5.41, 5.74) is 2.11. The third-order valence-corrected chi connectivity index (χ3v) is 2.74. The average Bonchev–Trinajstić information content (AvgIpc) is 2.14. The zero-order valence-electron chi connectivity index (χ0n) is 11.0. The number of aryl methyl sites for hydroxylation is 1. The van der Waals surface area contributed by atoms with Crippen molar-refractivity contribution in [3.05, 3.63) is 29.8 Å². The monoisotopic (exact) mass is 235 g/mol. The first-order chi connectivity index (χ1) is 7.80. The second-order valence-electron chi connectivity index (χ2n) is 5.43. The highest BCUT2D eigenvalue weighted by Gasteiger charge is 2.23. The Bertz CT molecular complexity index is 399. The van der Waals surface area contributed by atoms with Gasteiger partial charge in [-0.3, -0.25) is 4.79 Å². The number of anilines is 1. The molecule has 1 N–H and O–H groups in total. The van der Waals surface area contributed by atoms with Gasteiger partial charge in [0.05, 0.1) is 6.42 Å². The summed E-state index contributed by atoms with van der Waals surface area (Å²) >= 11 is 0. The number of benzene rings is 1. The minimum atomic E-state index is -0.743. The van der Waals surface area contributed by atoms with Gasteiger partial charge in [0.2, 0.25) is 0 Å². The van der Waals surface area contributed by atoms with Gasteiger partial charge in [0.25, 0.3) is 0 Å². The Morgan fingerprint density at radius 2 is 2.06 bits per heavy atom. The van der Waals surface area contributed by atoms with Gasteiger partial charge in [0, 0.05) is 19.3 Å². The van der Waals surface area contributed by atoms with Gasteiger partial charge >= 0.3 is 5.97 Å². The molecule has 17 heavy (non-hydrogen) atoms. The fourth-order valence-corrected chi connectivity index (χ4v) is 2.06. The van der Waals surface area contributed by atoms with Gasteiger partial charge in [0.1, 0.15) is 0 Å². The molecule has 0 spiro atoms. The minimum Gasteiger partial charge on any atom is -0.481 e. The number of carbonyl (C=O) groups is 1. The van der Waals surface area contributed by atoms with Crippen LogP contribution >= 0.6 is 0 Å². The molecule has 1 aromatic carbocycles. The molecule has 0 aliphatic rings. The van der Waals surface area contributed by atoms with Gasteiger partial charge in [-0.1, -0.05) is 26.0 Å². The maximum atomic E-state index is 10.8. The Morgan fingerprint density at radius 1 is 1.41 bits per heavy atom. The van der Waals surface area contributed by atoms with Gasteiger partial charge in [-0.15, -0.1) is 0 Å². The van der Waals surface area contributed by atoms with Crippen LogP contribution in [0.1, 0.15) is 25.8 Å². The van der Waals surface area contributed by atoms with E-state index in [4.69, 9.17) is 5.11 Å². The third kappa shape index (κ3) is 4.47. The molecule has 0 saturated heterocycles. The van der Waals surface area contributed by atoms with Crippen molar-refractivity contribution in [2.45, 2.75) is 27.2 Å². The quantitative estimate of drug-likeness (QED) is 0.853. The zero-order valence-corrected chi connectivity index (χ0v) is 11.0. The van der Waals surface area contributed by atoms with Crippen molar-refractivity contribution in [2.75, 3.05) is 18.5 Å². The van der Waals surface area contributed by atoms with Crippen LogP contribution in [0, 0.1) is 12.3 Å². The van der Waals surface area contributed by atoms with Gasteiger partial charge in [-0.05, 0) is 30.0 Å². The molecule has 1 aromatic rings. The molecule has 0 aromatic heterocycles. The molecular formula is C14H21NO2. The first-order valence-electron chi connectivity index (χ1n) is 5.80. The van der Waals surface area contributed by atoms with Crippen molar-refractivity contribution in [1.82, 2.24) is 0 Å². The topological polar surface area (TPSA) is 40.5 Å². The van der Waals surface area contributed by atoms with Gasteiger partial charge in [-0.2, -0.15) is 0 Å². The lowest BCUT2D eigenvalue weighted by Crippen LogP contribution is -2.33. The number of hydrogen-bond donors (Lipinski definition) is 1. The lowest BCUT2D eigenvalue weighted by atomic mass is 9.88. The van der Waals surface area contributed by atoms with Crippen LogP contribution in [0.3, 0.4) is 0 Å². The Morgan fingerprint density at radius 3 is 2.59 bits per heavy atom. The van der Waals surface area contributed by atoms with Crippen LogP contribution < -0.4 is 4.90 Å². The van der Waals surface area contributed by atoms with E-state index in [0.717, 1.165) is 12.2 Å². The summed E-state index contributed by atoms with van der Waals surface area (Å²) in [6, 6.07) is 8.23. The van der Waals surface area contributed by atoms with Crippen molar-refractivity contribution < 1.29 is 9.90 Å². The SMILES string of the molecule is Cc1cccc(N(C)CC(C)(C)CC(=O)O)c1.